The highest BCUT2D eigenvalue weighted by Gasteiger charge is 2.37. The predicted octanol–water partition coefficient (Wildman–Crippen LogP) is 3.87. The Balaban J connectivity index is 1.39. The number of carbonyl (C=O) groups is 1. The van der Waals surface area contributed by atoms with E-state index in [1.54, 1.807) is 7.11 Å². The second-order valence-corrected chi connectivity index (χ2v) is 7.91. The number of nitrogens with zero attached hydrogens (tertiary/aromatic N) is 2. The van der Waals surface area contributed by atoms with Gasteiger partial charge >= 0.3 is 6.09 Å². The van der Waals surface area contributed by atoms with Crippen LogP contribution >= 0.6 is 11.3 Å². The molecule has 1 N–H and O–H groups in total. The molecule has 3 heterocycles. The average molecular weight is 361 g/mol. The summed E-state index contributed by atoms with van der Waals surface area (Å²) in [6, 6.07) is 6.75. The number of amides is 1. The zero-order chi connectivity index (χ0) is 17.4. The lowest BCUT2D eigenvalue weighted by molar-refractivity contribution is -0.0161. The van der Waals surface area contributed by atoms with Crippen LogP contribution in [0.1, 0.15) is 32.1 Å². The number of methoxy groups -OCH3 is 1. The lowest BCUT2D eigenvalue weighted by atomic mass is 9.83. The highest BCUT2D eigenvalue weighted by Crippen LogP contribution is 2.34. The molecule has 0 aliphatic carbocycles. The first-order valence-electron chi connectivity index (χ1n) is 8.76. The molecule has 2 fully saturated rings. The Hall–Kier alpha value is -1.86. The molecule has 2 saturated heterocycles. The molecule has 2 aromatic rings. The van der Waals surface area contributed by atoms with E-state index in [1.807, 2.05) is 18.2 Å². The summed E-state index contributed by atoms with van der Waals surface area (Å²) in [5.41, 5.74) is 0.843. The second-order valence-electron chi connectivity index (χ2n) is 6.88. The van der Waals surface area contributed by atoms with Crippen LogP contribution in [-0.2, 0) is 4.74 Å². The Morgan fingerprint density at radius 2 is 2.08 bits per heavy atom. The molecule has 1 aromatic carbocycles. The molecule has 7 heteroatoms. The summed E-state index contributed by atoms with van der Waals surface area (Å²) < 4.78 is 11.9. The number of anilines is 1. The van der Waals surface area contributed by atoms with E-state index in [-0.39, 0.29) is 6.10 Å². The molecule has 1 amide bonds. The van der Waals surface area contributed by atoms with E-state index in [2.05, 4.69) is 22.2 Å². The van der Waals surface area contributed by atoms with E-state index in [9.17, 15) is 4.79 Å². The number of fused-ring (bicyclic) bond motifs is 3. The van der Waals surface area contributed by atoms with Crippen molar-refractivity contribution >= 4 is 32.8 Å². The Kier molecular flexibility index (Phi) is 4.52. The van der Waals surface area contributed by atoms with Gasteiger partial charge in [0, 0.05) is 24.9 Å². The van der Waals surface area contributed by atoms with E-state index >= 15 is 0 Å². The van der Waals surface area contributed by atoms with Gasteiger partial charge in [-0.15, -0.1) is 0 Å². The zero-order valence-electron chi connectivity index (χ0n) is 14.5. The normalized spacial score (nSPS) is 26.4. The van der Waals surface area contributed by atoms with Crippen molar-refractivity contribution < 1.29 is 14.3 Å². The zero-order valence-corrected chi connectivity index (χ0v) is 15.3. The SMILES string of the molecule is COc1ccc2nc(NC(=O)OC3CC4CCCC(C3)N4C)sc2c1. The summed E-state index contributed by atoms with van der Waals surface area (Å²) in [5.74, 6) is 0.781. The minimum atomic E-state index is -0.404. The topological polar surface area (TPSA) is 63.7 Å². The molecule has 2 unspecified atom stereocenters. The van der Waals surface area contributed by atoms with Crippen LogP contribution in [0.4, 0.5) is 9.93 Å². The fourth-order valence-electron chi connectivity index (χ4n) is 4.02. The van der Waals surface area contributed by atoms with Gasteiger partial charge in [-0.2, -0.15) is 0 Å². The van der Waals surface area contributed by atoms with Crippen molar-refractivity contribution in [2.75, 3.05) is 19.5 Å². The number of thiazole rings is 1. The summed E-state index contributed by atoms with van der Waals surface area (Å²) in [4.78, 5) is 19.2. The first-order chi connectivity index (χ1) is 12.1. The minimum Gasteiger partial charge on any atom is -0.497 e. The number of piperidine rings is 2. The first kappa shape index (κ1) is 16.6. The molecule has 0 radical (unpaired) electrons. The predicted molar refractivity (Wildman–Crippen MR) is 98.5 cm³/mol. The smallest absolute Gasteiger partial charge is 0.413 e. The number of rotatable bonds is 3. The Morgan fingerprint density at radius 3 is 2.80 bits per heavy atom. The average Bonchev–Trinajstić information content (AvgIpc) is 2.96. The number of hydrogen-bond donors (Lipinski definition) is 1. The van der Waals surface area contributed by atoms with Crippen LogP contribution in [0.5, 0.6) is 5.75 Å². The van der Waals surface area contributed by atoms with Gasteiger partial charge in [0.1, 0.15) is 11.9 Å². The van der Waals surface area contributed by atoms with E-state index in [0.29, 0.717) is 17.2 Å². The van der Waals surface area contributed by atoms with Crippen molar-refractivity contribution in [3.05, 3.63) is 18.2 Å². The van der Waals surface area contributed by atoms with E-state index in [0.717, 1.165) is 28.8 Å². The molecule has 134 valence electrons. The van der Waals surface area contributed by atoms with Crippen LogP contribution in [0.25, 0.3) is 10.2 Å². The van der Waals surface area contributed by atoms with Gasteiger partial charge in [-0.3, -0.25) is 5.32 Å². The Morgan fingerprint density at radius 1 is 1.32 bits per heavy atom. The van der Waals surface area contributed by atoms with E-state index in [1.165, 1.54) is 30.6 Å². The molecule has 0 saturated carbocycles. The van der Waals surface area contributed by atoms with Gasteiger partial charge in [-0.1, -0.05) is 17.8 Å². The summed E-state index contributed by atoms with van der Waals surface area (Å²) in [7, 11) is 3.83. The molecule has 25 heavy (non-hydrogen) atoms. The van der Waals surface area contributed by atoms with Crippen molar-refractivity contribution in [3.8, 4) is 5.75 Å². The monoisotopic (exact) mass is 361 g/mol. The van der Waals surface area contributed by atoms with E-state index < -0.39 is 6.09 Å². The van der Waals surface area contributed by atoms with E-state index in [4.69, 9.17) is 9.47 Å². The maximum absolute atomic E-state index is 12.3. The molecule has 2 atom stereocenters. The lowest BCUT2D eigenvalue weighted by Crippen LogP contribution is -2.52. The third kappa shape index (κ3) is 3.43. The summed E-state index contributed by atoms with van der Waals surface area (Å²) in [5, 5.41) is 3.34. The lowest BCUT2D eigenvalue weighted by Gasteiger charge is -2.46. The van der Waals surface area contributed by atoms with Crippen molar-refractivity contribution in [2.24, 2.45) is 0 Å². The minimum absolute atomic E-state index is 0.000900. The molecule has 2 aliphatic heterocycles. The molecule has 0 spiro atoms. The van der Waals surface area contributed by atoms with Crippen LogP contribution in [0, 0.1) is 0 Å². The van der Waals surface area contributed by atoms with Crippen molar-refractivity contribution in [1.82, 2.24) is 9.88 Å². The molecule has 4 rings (SSSR count). The third-order valence-corrected chi connectivity index (χ3v) is 6.31. The molecule has 1 aromatic heterocycles. The van der Waals surface area contributed by atoms with Gasteiger partial charge in [0.15, 0.2) is 5.13 Å². The highest BCUT2D eigenvalue weighted by atomic mass is 32.1. The maximum Gasteiger partial charge on any atom is 0.413 e. The van der Waals surface area contributed by atoms with Crippen LogP contribution in [0.2, 0.25) is 0 Å². The van der Waals surface area contributed by atoms with Gasteiger partial charge in [-0.25, -0.2) is 9.78 Å². The molecular formula is C18H23N3O3S. The number of benzene rings is 1. The first-order valence-corrected chi connectivity index (χ1v) is 9.58. The Bertz CT molecular complexity index is 764. The van der Waals surface area contributed by atoms with Gasteiger partial charge in [-0.05, 0) is 38.1 Å². The van der Waals surface area contributed by atoms with Crippen LogP contribution < -0.4 is 10.1 Å². The maximum atomic E-state index is 12.3. The van der Waals surface area contributed by atoms with Crippen LogP contribution in [0.3, 0.4) is 0 Å². The Labute approximate surface area is 151 Å². The second kappa shape index (κ2) is 6.80. The standard InChI is InChI=1S/C18H23N3O3S/c1-21-11-4-3-5-12(21)9-14(8-11)24-18(22)20-17-19-15-7-6-13(23-2)10-16(15)25-17/h6-7,10-12,14H,3-5,8-9H2,1-2H3,(H,19,20,22). The fourth-order valence-corrected chi connectivity index (χ4v) is 4.90. The highest BCUT2D eigenvalue weighted by molar-refractivity contribution is 7.22. The van der Waals surface area contributed by atoms with Gasteiger partial charge in [0.2, 0.25) is 0 Å². The number of nitrogens with one attached hydrogen (secondary N) is 1. The van der Waals surface area contributed by atoms with Gasteiger partial charge in [0.25, 0.3) is 0 Å². The van der Waals surface area contributed by atoms with Crippen molar-refractivity contribution in [1.29, 1.82) is 0 Å². The summed E-state index contributed by atoms with van der Waals surface area (Å²) in [6.07, 6.45) is 5.14. The third-order valence-electron chi connectivity index (χ3n) is 5.37. The molecule has 6 nitrogen and oxygen atoms in total. The van der Waals surface area contributed by atoms with Crippen molar-refractivity contribution in [2.45, 2.75) is 50.3 Å². The fraction of sp³-hybridized carbons (Fsp3) is 0.556. The molecule has 2 bridgehead atoms. The van der Waals surface area contributed by atoms with Crippen LogP contribution in [0.15, 0.2) is 18.2 Å². The van der Waals surface area contributed by atoms with Crippen molar-refractivity contribution in [3.63, 3.8) is 0 Å². The molecule has 2 aliphatic rings. The number of ether oxygens (including phenoxy) is 2. The summed E-state index contributed by atoms with van der Waals surface area (Å²) in [6.45, 7) is 0. The van der Waals surface area contributed by atoms with Gasteiger partial charge < -0.3 is 14.4 Å². The number of hydrogen-bond acceptors (Lipinski definition) is 6. The van der Waals surface area contributed by atoms with Gasteiger partial charge in [0.05, 0.1) is 17.3 Å². The quantitative estimate of drug-likeness (QED) is 0.899. The number of aromatic nitrogens is 1. The van der Waals surface area contributed by atoms with Crippen LogP contribution in [-0.4, -0.2) is 48.3 Å². The summed E-state index contributed by atoms with van der Waals surface area (Å²) >= 11 is 1.42. The largest absolute Gasteiger partial charge is 0.497 e. The number of carbonyl (C=O) groups excluding carboxylic acids is 1. The molecular weight excluding hydrogens is 338 g/mol.